The van der Waals surface area contributed by atoms with E-state index in [4.69, 9.17) is 11.6 Å². The van der Waals surface area contributed by atoms with Gasteiger partial charge in [-0.3, -0.25) is 14.5 Å². The van der Waals surface area contributed by atoms with Crippen molar-refractivity contribution in [3.63, 3.8) is 0 Å². The molecule has 0 bridgehead atoms. The van der Waals surface area contributed by atoms with E-state index in [-0.39, 0.29) is 17.0 Å². The number of halogens is 1. The standard InChI is InChI=1S/C27H21ClN6O2/c1-17-24(27(36)34(33(17)2)21-7-4-3-5-8-21)30-16-18-15-23(22-9-6-14-29-25(22)26(18)35)32-31-20-12-10-19(28)11-13-20/h3-16,35H,1-2H3. The molecular weight excluding hydrogens is 476 g/mol. The van der Waals surface area contributed by atoms with Crippen molar-refractivity contribution in [3.8, 4) is 11.4 Å². The third-order valence-corrected chi connectivity index (χ3v) is 6.08. The molecule has 0 aliphatic rings. The van der Waals surface area contributed by atoms with Gasteiger partial charge in [0.25, 0.3) is 5.56 Å². The van der Waals surface area contributed by atoms with E-state index in [2.05, 4.69) is 20.2 Å². The van der Waals surface area contributed by atoms with Gasteiger partial charge < -0.3 is 5.11 Å². The number of azo groups is 1. The van der Waals surface area contributed by atoms with Gasteiger partial charge in [0.05, 0.1) is 22.8 Å². The topological polar surface area (TPSA) is 97.1 Å². The van der Waals surface area contributed by atoms with Crippen LogP contribution in [0.5, 0.6) is 5.75 Å². The highest BCUT2D eigenvalue weighted by molar-refractivity contribution is 6.30. The predicted octanol–water partition coefficient (Wildman–Crippen LogP) is 6.56. The quantitative estimate of drug-likeness (QED) is 0.220. The lowest BCUT2D eigenvalue weighted by atomic mass is 10.1. The first-order valence-electron chi connectivity index (χ1n) is 11.1. The molecule has 0 aliphatic heterocycles. The first-order chi connectivity index (χ1) is 17.4. The number of rotatable bonds is 5. The normalized spacial score (nSPS) is 11.8. The zero-order chi connectivity index (χ0) is 25.2. The maximum atomic E-state index is 13.2. The number of aromatic nitrogens is 3. The Balaban J connectivity index is 1.59. The number of hydrogen-bond donors (Lipinski definition) is 1. The number of benzene rings is 3. The Morgan fingerprint density at radius 2 is 1.75 bits per heavy atom. The maximum Gasteiger partial charge on any atom is 0.297 e. The molecule has 0 aliphatic carbocycles. The Morgan fingerprint density at radius 1 is 1.00 bits per heavy atom. The van der Waals surface area contributed by atoms with Crippen molar-refractivity contribution in [1.29, 1.82) is 0 Å². The Morgan fingerprint density at radius 3 is 2.50 bits per heavy atom. The van der Waals surface area contributed by atoms with Gasteiger partial charge in [0, 0.05) is 35.4 Å². The monoisotopic (exact) mass is 496 g/mol. The van der Waals surface area contributed by atoms with Crippen molar-refractivity contribution >= 4 is 45.8 Å². The second kappa shape index (κ2) is 9.59. The van der Waals surface area contributed by atoms with Crippen LogP contribution in [0.25, 0.3) is 16.6 Å². The summed E-state index contributed by atoms with van der Waals surface area (Å²) in [6.45, 7) is 1.82. The lowest BCUT2D eigenvalue weighted by Crippen LogP contribution is -2.19. The fourth-order valence-electron chi connectivity index (χ4n) is 3.87. The second-order valence-corrected chi connectivity index (χ2v) is 8.51. The van der Waals surface area contributed by atoms with Crippen molar-refractivity contribution < 1.29 is 5.11 Å². The Hall–Kier alpha value is -4.56. The number of aliphatic imine (C=N–C) groups is 1. The average Bonchev–Trinajstić information content (AvgIpc) is 3.11. The molecule has 8 nitrogen and oxygen atoms in total. The van der Waals surface area contributed by atoms with E-state index in [0.717, 1.165) is 5.69 Å². The number of nitrogens with zero attached hydrogens (tertiary/aromatic N) is 6. The van der Waals surface area contributed by atoms with Crippen LogP contribution in [-0.2, 0) is 7.05 Å². The van der Waals surface area contributed by atoms with E-state index in [1.807, 2.05) is 37.3 Å². The lowest BCUT2D eigenvalue weighted by molar-refractivity contribution is 0.479. The second-order valence-electron chi connectivity index (χ2n) is 8.08. The van der Waals surface area contributed by atoms with Gasteiger partial charge in [0.2, 0.25) is 0 Å². The molecule has 1 N–H and O–H groups in total. The minimum absolute atomic E-state index is 0.0586. The van der Waals surface area contributed by atoms with Crippen LogP contribution < -0.4 is 5.56 Å². The van der Waals surface area contributed by atoms with Gasteiger partial charge in [-0.15, -0.1) is 5.11 Å². The molecule has 0 spiro atoms. The van der Waals surface area contributed by atoms with Gasteiger partial charge in [-0.05, 0) is 61.5 Å². The summed E-state index contributed by atoms with van der Waals surface area (Å²) in [7, 11) is 1.80. The number of hydrogen-bond acceptors (Lipinski definition) is 6. The summed E-state index contributed by atoms with van der Waals surface area (Å²) < 4.78 is 3.30. The lowest BCUT2D eigenvalue weighted by Gasteiger charge is -2.07. The summed E-state index contributed by atoms with van der Waals surface area (Å²) in [4.78, 5) is 22.0. The molecule has 0 fully saturated rings. The van der Waals surface area contributed by atoms with Gasteiger partial charge in [-0.2, -0.15) is 5.11 Å². The maximum absolute atomic E-state index is 13.2. The number of para-hydroxylation sites is 1. The highest BCUT2D eigenvalue weighted by atomic mass is 35.5. The zero-order valence-corrected chi connectivity index (χ0v) is 20.3. The van der Waals surface area contributed by atoms with Crippen molar-refractivity contribution in [2.45, 2.75) is 6.92 Å². The predicted molar refractivity (Wildman–Crippen MR) is 142 cm³/mol. The van der Waals surface area contributed by atoms with Crippen molar-refractivity contribution in [3.05, 3.63) is 106 Å². The molecule has 9 heteroatoms. The molecule has 0 amide bonds. The van der Waals surface area contributed by atoms with Gasteiger partial charge in [-0.1, -0.05) is 29.8 Å². The molecule has 2 heterocycles. The molecule has 0 atom stereocenters. The van der Waals surface area contributed by atoms with E-state index in [0.29, 0.717) is 38.6 Å². The van der Waals surface area contributed by atoms with Gasteiger partial charge >= 0.3 is 0 Å². The van der Waals surface area contributed by atoms with Gasteiger partial charge in [-0.25, -0.2) is 9.67 Å². The van der Waals surface area contributed by atoms with E-state index in [1.54, 1.807) is 65.1 Å². The third-order valence-electron chi connectivity index (χ3n) is 5.83. The van der Waals surface area contributed by atoms with E-state index < -0.39 is 0 Å². The SMILES string of the molecule is Cc1c(N=Cc2cc(N=Nc3ccc(Cl)cc3)c3cccnc3c2O)c(=O)n(-c2ccccc2)n1C. The Labute approximate surface area is 211 Å². The summed E-state index contributed by atoms with van der Waals surface area (Å²) in [5.41, 5.74) is 3.26. The van der Waals surface area contributed by atoms with Crippen LogP contribution in [0, 0.1) is 6.92 Å². The number of phenols is 1. The van der Waals surface area contributed by atoms with E-state index >= 15 is 0 Å². The fraction of sp³-hybridized carbons (Fsp3) is 0.0741. The summed E-state index contributed by atoms with van der Waals surface area (Å²) in [5, 5.41) is 20.8. The Bertz CT molecular complexity index is 1690. The number of aromatic hydroxyl groups is 1. The third kappa shape index (κ3) is 4.30. The summed E-state index contributed by atoms with van der Waals surface area (Å²) in [5.74, 6) is -0.0586. The highest BCUT2D eigenvalue weighted by Gasteiger charge is 2.16. The van der Waals surface area contributed by atoms with Crippen LogP contribution in [0.15, 0.2) is 99.0 Å². The largest absolute Gasteiger partial charge is 0.505 e. The molecule has 0 saturated carbocycles. The van der Waals surface area contributed by atoms with Crippen LogP contribution in [0.2, 0.25) is 5.02 Å². The average molecular weight is 497 g/mol. The molecule has 5 rings (SSSR count). The minimum Gasteiger partial charge on any atom is -0.505 e. The van der Waals surface area contributed by atoms with E-state index in [1.165, 1.54) is 6.21 Å². The van der Waals surface area contributed by atoms with E-state index in [9.17, 15) is 9.90 Å². The van der Waals surface area contributed by atoms with Gasteiger partial charge in [0.1, 0.15) is 5.52 Å². The van der Waals surface area contributed by atoms with Crippen molar-refractivity contribution in [1.82, 2.24) is 14.3 Å². The van der Waals surface area contributed by atoms with Crippen LogP contribution in [0.4, 0.5) is 17.1 Å². The summed E-state index contributed by atoms with van der Waals surface area (Å²) in [6, 6.07) is 21.5. The molecule has 5 aromatic rings. The fourth-order valence-corrected chi connectivity index (χ4v) is 3.99. The number of phenolic OH excluding ortho intramolecular Hbond substituents is 1. The summed E-state index contributed by atoms with van der Waals surface area (Å²) >= 11 is 5.95. The van der Waals surface area contributed by atoms with Crippen LogP contribution in [-0.4, -0.2) is 25.7 Å². The minimum atomic E-state index is -0.265. The molecule has 0 radical (unpaired) electrons. The molecule has 2 aromatic heterocycles. The number of fused-ring (bicyclic) bond motifs is 1. The van der Waals surface area contributed by atoms with Gasteiger partial charge in [0.15, 0.2) is 11.4 Å². The van der Waals surface area contributed by atoms with Crippen LogP contribution in [0.1, 0.15) is 11.3 Å². The molecule has 0 unspecified atom stereocenters. The smallest absolute Gasteiger partial charge is 0.297 e. The molecule has 36 heavy (non-hydrogen) atoms. The first-order valence-corrected chi connectivity index (χ1v) is 11.5. The first kappa shape index (κ1) is 23.2. The molecule has 3 aromatic carbocycles. The molecule has 0 saturated heterocycles. The molecule has 178 valence electrons. The summed E-state index contributed by atoms with van der Waals surface area (Å²) in [6.07, 6.45) is 3.03. The van der Waals surface area contributed by atoms with Crippen LogP contribution in [0.3, 0.4) is 0 Å². The Kier molecular flexibility index (Phi) is 6.18. The zero-order valence-electron chi connectivity index (χ0n) is 19.5. The highest BCUT2D eigenvalue weighted by Crippen LogP contribution is 2.35. The molecular formula is C27H21ClN6O2. The number of pyridine rings is 1. The van der Waals surface area contributed by atoms with Crippen molar-refractivity contribution in [2.24, 2.45) is 22.3 Å². The van der Waals surface area contributed by atoms with Crippen molar-refractivity contribution in [2.75, 3.05) is 0 Å². The van der Waals surface area contributed by atoms with Crippen LogP contribution >= 0.6 is 11.6 Å².